The van der Waals surface area contributed by atoms with E-state index in [-0.39, 0.29) is 5.91 Å². The molecule has 0 radical (unpaired) electrons. The Morgan fingerprint density at radius 3 is 2.27 bits per heavy atom. The highest BCUT2D eigenvalue weighted by Gasteiger charge is 2.23. The first-order valence-corrected chi connectivity index (χ1v) is 10.3. The minimum Gasteiger partial charge on any atom is -0.353 e. The van der Waals surface area contributed by atoms with Gasteiger partial charge < -0.3 is 15.1 Å². The number of hydrogen-bond acceptors (Lipinski definition) is 5. The Morgan fingerprint density at radius 2 is 1.60 bits per heavy atom. The summed E-state index contributed by atoms with van der Waals surface area (Å²) in [5.41, 5.74) is 3.72. The van der Waals surface area contributed by atoms with Crippen LogP contribution >= 0.6 is 11.6 Å². The molecule has 1 aromatic heterocycles. The van der Waals surface area contributed by atoms with E-state index in [4.69, 9.17) is 16.6 Å². The summed E-state index contributed by atoms with van der Waals surface area (Å²) >= 11 is 5.92. The fourth-order valence-corrected chi connectivity index (χ4v) is 3.58. The summed E-state index contributed by atoms with van der Waals surface area (Å²) in [7, 11) is 0. The third kappa shape index (κ3) is 4.71. The number of aromatic nitrogens is 2. The van der Waals surface area contributed by atoms with Gasteiger partial charge in [0.15, 0.2) is 0 Å². The third-order valence-electron chi connectivity index (χ3n) is 5.13. The predicted molar refractivity (Wildman–Crippen MR) is 121 cm³/mol. The Hall–Kier alpha value is -3.12. The molecule has 1 N–H and O–H groups in total. The number of nitrogens with zero attached hydrogens (tertiary/aromatic N) is 4. The molecule has 30 heavy (non-hydrogen) atoms. The number of amides is 1. The first kappa shape index (κ1) is 20.2. The van der Waals surface area contributed by atoms with E-state index in [1.807, 2.05) is 30.0 Å². The largest absolute Gasteiger partial charge is 0.353 e. The van der Waals surface area contributed by atoms with Gasteiger partial charge in [-0.3, -0.25) is 4.79 Å². The summed E-state index contributed by atoms with van der Waals surface area (Å²) < 4.78 is 0. The molecule has 1 aliphatic rings. The van der Waals surface area contributed by atoms with Crippen LogP contribution in [0.15, 0.2) is 54.6 Å². The molecule has 4 rings (SSSR count). The standard InChI is InChI=1S/C23H24ClN5O/c1-16-3-9-20(10-4-16)26-23-25-17(2)15-21(27-23)28-11-13-29(14-12-28)22(30)18-5-7-19(24)8-6-18/h3-10,15H,11-14H2,1-2H3,(H,25,26,27). The molecule has 0 unspecified atom stereocenters. The molecule has 1 fully saturated rings. The molecular weight excluding hydrogens is 398 g/mol. The average molecular weight is 422 g/mol. The Kier molecular flexibility index (Phi) is 5.86. The molecule has 0 bridgehead atoms. The Labute approximate surface area is 181 Å². The minimum atomic E-state index is 0.0342. The first-order chi connectivity index (χ1) is 14.5. The van der Waals surface area contributed by atoms with Gasteiger partial charge in [-0.1, -0.05) is 29.3 Å². The molecule has 0 aliphatic carbocycles. The van der Waals surface area contributed by atoms with Gasteiger partial charge >= 0.3 is 0 Å². The van der Waals surface area contributed by atoms with E-state index in [2.05, 4.69) is 34.3 Å². The molecule has 0 spiro atoms. The zero-order chi connectivity index (χ0) is 21.1. The summed E-state index contributed by atoms with van der Waals surface area (Å²) in [6.45, 7) is 6.75. The van der Waals surface area contributed by atoms with Crippen molar-refractivity contribution in [2.45, 2.75) is 13.8 Å². The third-order valence-corrected chi connectivity index (χ3v) is 5.38. The lowest BCUT2D eigenvalue weighted by Crippen LogP contribution is -2.49. The van der Waals surface area contributed by atoms with Crippen molar-refractivity contribution in [2.75, 3.05) is 36.4 Å². The van der Waals surface area contributed by atoms with E-state index in [1.165, 1.54) is 5.56 Å². The minimum absolute atomic E-state index is 0.0342. The summed E-state index contributed by atoms with van der Waals surface area (Å²) in [5, 5.41) is 3.91. The Morgan fingerprint density at radius 1 is 0.933 bits per heavy atom. The van der Waals surface area contributed by atoms with Gasteiger partial charge in [0.1, 0.15) is 5.82 Å². The monoisotopic (exact) mass is 421 g/mol. The molecule has 1 amide bonds. The van der Waals surface area contributed by atoms with Gasteiger partial charge in [0, 0.05) is 54.2 Å². The van der Waals surface area contributed by atoms with Gasteiger partial charge in [0.25, 0.3) is 5.91 Å². The van der Waals surface area contributed by atoms with Crippen LogP contribution in [0.3, 0.4) is 0 Å². The smallest absolute Gasteiger partial charge is 0.253 e. The van der Waals surface area contributed by atoms with Crippen molar-refractivity contribution < 1.29 is 4.79 Å². The fraction of sp³-hybridized carbons (Fsp3) is 0.261. The van der Waals surface area contributed by atoms with Gasteiger partial charge in [-0.15, -0.1) is 0 Å². The van der Waals surface area contributed by atoms with Crippen molar-refractivity contribution in [2.24, 2.45) is 0 Å². The second-order valence-corrected chi connectivity index (χ2v) is 7.90. The van der Waals surface area contributed by atoms with Crippen LogP contribution in [0.1, 0.15) is 21.6 Å². The average Bonchev–Trinajstić information content (AvgIpc) is 2.75. The molecule has 1 aliphatic heterocycles. The van der Waals surface area contributed by atoms with Gasteiger partial charge in [0.05, 0.1) is 0 Å². The van der Waals surface area contributed by atoms with Crippen molar-refractivity contribution in [3.05, 3.63) is 76.4 Å². The van der Waals surface area contributed by atoms with Crippen molar-refractivity contribution in [3.63, 3.8) is 0 Å². The highest BCUT2D eigenvalue weighted by Crippen LogP contribution is 2.21. The van der Waals surface area contributed by atoms with E-state index in [0.29, 0.717) is 29.6 Å². The molecular formula is C23H24ClN5O. The number of piperazine rings is 1. The lowest BCUT2D eigenvalue weighted by atomic mass is 10.2. The molecule has 0 atom stereocenters. The topological polar surface area (TPSA) is 61.4 Å². The number of aryl methyl sites for hydroxylation is 2. The molecule has 2 heterocycles. The van der Waals surface area contributed by atoms with Crippen LogP contribution in [0, 0.1) is 13.8 Å². The van der Waals surface area contributed by atoms with Crippen molar-refractivity contribution in [3.8, 4) is 0 Å². The van der Waals surface area contributed by atoms with Crippen LogP contribution in [-0.4, -0.2) is 47.0 Å². The number of hydrogen-bond donors (Lipinski definition) is 1. The van der Waals surface area contributed by atoms with Crippen molar-refractivity contribution >= 4 is 35.0 Å². The molecule has 7 heteroatoms. The maximum absolute atomic E-state index is 12.7. The van der Waals surface area contributed by atoms with Crippen LogP contribution in [-0.2, 0) is 0 Å². The summed E-state index contributed by atoms with van der Waals surface area (Å²) in [4.78, 5) is 26.0. The van der Waals surface area contributed by atoms with E-state index in [1.54, 1.807) is 24.3 Å². The van der Waals surface area contributed by atoms with Crippen molar-refractivity contribution in [1.29, 1.82) is 0 Å². The molecule has 3 aromatic rings. The number of rotatable bonds is 4. The van der Waals surface area contributed by atoms with Crippen LogP contribution in [0.25, 0.3) is 0 Å². The van der Waals surface area contributed by atoms with Crippen LogP contribution in [0.5, 0.6) is 0 Å². The predicted octanol–water partition coefficient (Wildman–Crippen LogP) is 4.45. The van der Waals surface area contributed by atoms with E-state index in [0.717, 1.165) is 30.3 Å². The highest BCUT2D eigenvalue weighted by atomic mass is 35.5. The molecule has 6 nitrogen and oxygen atoms in total. The lowest BCUT2D eigenvalue weighted by molar-refractivity contribution is 0.0746. The number of benzene rings is 2. The second-order valence-electron chi connectivity index (χ2n) is 7.47. The number of halogens is 1. The van der Waals surface area contributed by atoms with Gasteiger partial charge in [-0.2, -0.15) is 4.98 Å². The zero-order valence-corrected chi connectivity index (χ0v) is 17.9. The van der Waals surface area contributed by atoms with Crippen LogP contribution in [0.2, 0.25) is 5.02 Å². The quantitative estimate of drug-likeness (QED) is 0.674. The van der Waals surface area contributed by atoms with Crippen LogP contribution < -0.4 is 10.2 Å². The second kappa shape index (κ2) is 8.71. The lowest BCUT2D eigenvalue weighted by Gasteiger charge is -2.35. The number of nitrogens with one attached hydrogen (secondary N) is 1. The van der Waals surface area contributed by atoms with Gasteiger partial charge in [-0.05, 0) is 50.2 Å². The van der Waals surface area contributed by atoms with E-state index >= 15 is 0 Å². The van der Waals surface area contributed by atoms with E-state index < -0.39 is 0 Å². The molecule has 154 valence electrons. The summed E-state index contributed by atoms with van der Waals surface area (Å²) in [6.07, 6.45) is 0. The van der Waals surface area contributed by atoms with Crippen LogP contribution in [0.4, 0.5) is 17.5 Å². The Bertz CT molecular complexity index is 1030. The Balaban J connectivity index is 1.42. The van der Waals surface area contributed by atoms with Crippen molar-refractivity contribution in [1.82, 2.24) is 14.9 Å². The highest BCUT2D eigenvalue weighted by molar-refractivity contribution is 6.30. The normalized spacial score (nSPS) is 14.0. The number of carbonyl (C=O) groups excluding carboxylic acids is 1. The molecule has 2 aromatic carbocycles. The summed E-state index contributed by atoms with van der Waals surface area (Å²) in [5.74, 6) is 1.48. The molecule has 1 saturated heterocycles. The fourth-order valence-electron chi connectivity index (χ4n) is 3.45. The van der Waals surface area contributed by atoms with E-state index in [9.17, 15) is 4.79 Å². The number of carbonyl (C=O) groups is 1. The summed E-state index contributed by atoms with van der Waals surface area (Å²) in [6, 6.07) is 17.2. The maximum Gasteiger partial charge on any atom is 0.253 e. The first-order valence-electron chi connectivity index (χ1n) is 9.97. The number of anilines is 3. The maximum atomic E-state index is 12.7. The molecule has 0 saturated carbocycles. The van der Waals surface area contributed by atoms with Gasteiger partial charge in [0.2, 0.25) is 5.95 Å². The zero-order valence-electron chi connectivity index (χ0n) is 17.1. The SMILES string of the molecule is Cc1ccc(Nc2nc(C)cc(N3CCN(C(=O)c4ccc(Cl)cc4)CC3)n2)cc1. The van der Waals surface area contributed by atoms with Gasteiger partial charge in [-0.25, -0.2) is 4.98 Å².